The number of carbonyl (C=O) groups excluding carboxylic acids is 1. The van der Waals surface area contributed by atoms with E-state index in [1.807, 2.05) is 12.1 Å². The first-order valence-corrected chi connectivity index (χ1v) is 8.83. The van der Waals surface area contributed by atoms with E-state index in [0.717, 1.165) is 33.7 Å². The lowest BCUT2D eigenvalue weighted by Gasteiger charge is -2.29. The fourth-order valence-electron chi connectivity index (χ4n) is 2.68. The number of benzene rings is 1. The van der Waals surface area contributed by atoms with Crippen LogP contribution in [0.2, 0.25) is 0 Å². The quantitative estimate of drug-likeness (QED) is 0.524. The van der Waals surface area contributed by atoms with Crippen LogP contribution in [0.25, 0.3) is 0 Å². The van der Waals surface area contributed by atoms with E-state index >= 15 is 0 Å². The lowest BCUT2D eigenvalue weighted by atomic mass is 9.90. The largest absolute Gasteiger partial charge is 0.480 e. The molecule has 1 saturated carbocycles. The highest BCUT2D eigenvalue weighted by molar-refractivity contribution is 14.1. The monoisotopic (exact) mass is 465 g/mol. The van der Waals surface area contributed by atoms with Crippen LogP contribution in [0.15, 0.2) is 22.7 Å². The predicted octanol–water partition coefficient (Wildman–Crippen LogP) is 3.96. The number of carboxylic acid groups (broad SMARTS) is 1. The van der Waals surface area contributed by atoms with Gasteiger partial charge in [0, 0.05) is 8.04 Å². The third kappa shape index (κ3) is 3.97. The molecule has 1 aromatic rings. The number of aliphatic carboxylic acids is 1. The van der Waals surface area contributed by atoms with Crippen LogP contribution >= 0.6 is 38.5 Å². The number of nitrogens with one attached hydrogen (secondary N) is 1. The van der Waals surface area contributed by atoms with Gasteiger partial charge >= 0.3 is 5.97 Å². The molecule has 0 radical (unpaired) electrons. The first-order chi connectivity index (χ1) is 9.94. The van der Waals surface area contributed by atoms with Gasteiger partial charge in [0.2, 0.25) is 0 Å². The van der Waals surface area contributed by atoms with Crippen LogP contribution in [0.5, 0.6) is 0 Å². The maximum absolute atomic E-state index is 12.5. The molecule has 2 N–H and O–H groups in total. The van der Waals surface area contributed by atoms with Crippen molar-refractivity contribution in [3.8, 4) is 0 Å². The first-order valence-electron chi connectivity index (χ1n) is 6.95. The van der Waals surface area contributed by atoms with Gasteiger partial charge in [0.25, 0.3) is 5.91 Å². The van der Waals surface area contributed by atoms with Crippen LogP contribution in [0, 0.1) is 3.57 Å². The molecule has 6 heteroatoms. The van der Waals surface area contributed by atoms with Gasteiger partial charge in [0.1, 0.15) is 5.54 Å². The molecule has 0 spiro atoms. The van der Waals surface area contributed by atoms with Gasteiger partial charge in [-0.15, -0.1) is 0 Å². The number of hydrogen-bond donors (Lipinski definition) is 2. The number of carboxylic acids is 1. The topological polar surface area (TPSA) is 66.4 Å². The summed E-state index contributed by atoms with van der Waals surface area (Å²) in [6.07, 6.45) is 4.72. The zero-order valence-electron chi connectivity index (χ0n) is 11.5. The Morgan fingerprint density at radius 2 is 1.81 bits per heavy atom. The fraction of sp³-hybridized carbons (Fsp3) is 0.467. The van der Waals surface area contributed by atoms with Crippen molar-refractivity contribution in [1.82, 2.24) is 5.32 Å². The average molecular weight is 466 g/mol. The summed E-state index contributed by atoms with van der Waals surface area (Å²) in [6, 6.07) is 5.42. The molecule has 0 atom stereocenters. The summed E-state index contributed by atoms with van der Waals surface area (Å²) in [5.41, 5.74) is -0.617. The van der Waals surface area contributed by atoms with Crippen molar-refractivity contribution in [2.24, 2.45) is 0 Å². The lowest BCUT2D eigenvalue weighted by Crippen LogP contribution is -2.54. The number of amides is 1. The molecule has 1 aliphatic rings. The maximum Gasteiger partial charge on any atom is 0.329 e. The Balaban J connectivity index is 2.26. The van der Waals surface area contributed by atoms with E-state index in [9.17, 15) is 14.7 Å². The molecule has 1 aromatic carbocycles. The molecule has 1 fully saturated rings. The number of carbonyl (C=O) groups is 2. The van der Waals surface area contributed by atoms with E-state index in [0.29, 0.717) is 18.4 Å². The minimum atomic E-state index is -1.13. The lowest BCUT2D eigenvalue weighted by molar-refractivity contribution is -0.145. The van der Waals surface area contributed by atoms with Gasteiger partial charge in [0.15, 0.2) is 0 Å². The highest BCUT2D eigenvalue weighted by Crippen LogP contribution is 2.28. The first kappa shape index (κ1) is 16.7. The Bertz CT molecular complexity index is 554. The molecule has 0 bridgehead atoms. The summed E-state index contributed by atoms with van der Waals surface area (Å²) in [5.74, 6) is -1.24. The van der Waals surface area contributed by atoms with Crippen molar-refractivity contribution >= 4 is 50.4 Å². The van der Waals surface area contributed by atoms with Crippen LogP contribution in [0.4, 0.5) is 0 Å². The Morgan fingerprint density at radius 1 is 1.19 bits per heavy atom. The van der Waals surface area contributed by atoms with Crippen molar-refractivity contribution in [3.63, 3.8) is 0 Å². The molecule has 1 amide bonds. The van der Waals surface area contributed by atoms with Crippen molar-refractivity contribution in [3.05, 3.63) is 31.8 Å². The highest BCUT2D eigenvalue weighted by atomic mass is 127. The zero-order valence-corrected chi connectivity index (χ0v) is 15.2. The summed E-state index contributed by atoms with van der Waals surface area (Å²) in [4.78, 5) is 24.2. The van der Waals surface area contributed by atoms with E-state index in [-0.39, 0.29) is 5.91 Å². The summed E-state index contributed by atoms with van der Waals surface area (Å²) in [7, 11) is 0. The second kappa shape index (κ2) is 7.09. The molecule has 0 aromatic heterocycles. The molecular weight excluding hydrogens is 449 g/mol. The van der Waals surface area contributed by atoms with E-state index < -0.39 is 11.5 Å². The molecule has 114 valence electrons. The summed E-state index contributed by atoms with van der Waals surface area (Å²) in [6.45, 7) is 0. The minimum Gasteiger partial charge on any atom is -0.480 e. The van der Waals surface area contributed by atoms with Gasteiger partial charge in [-0.2, -0.15) is 0 Å². The number of hydrogen-bond acceptors (Lipinski definition) is 2. The van der Waals surface area contributed by atoms with Gasteiger partial charge in [-0.25, -0.2) is 4.79 Å². The van der Waals surface area contributed by atoms with Crippen LogP contribution in [0.3, 0.4) is 0 Å². The molecule has 0 unspecified atom stereocenters. The molecule has 0 heterocycles. The van der Waals surface area contributed by atoms with Gasteiger partial charge in [-0.3, -0.25) is 4.79 Å². The van der Waals surface area contributed by atoms with Crippen molar-refractivity contribution < 1.29 is 14.7 Å². The molecule has 0 aliphatic heterocycles. The molecular formula is C15H17BrINO3. The zero-order chi connectivity index (χ0) is 15.5. The Kier molecular flexibility index (Phi) is 5.65. The van der Waals surface area contributed by atoms with E-state index in [4.69, 9.17) is 0 Å². The van der Waals surface area contributed by atoms with Crippen LogP contribution < -0.4 is 5.32 Å². The average Bonchev–Trinajstić information content (AvgIpc) is 2.68. The Morgan fingerprint density at radius 3 is 2.38 bits per heavy atom. The maximum atomic E-state index is 12.5. The second-order valence-electron chi connectivity index (χ2n) is 5.38. The minimum absolute atomic E-state index is 0.315. The van der Waals surface area contributed by atoms with Gasteiger partial charge in [0.05, 0.1) is 5.56 Å². The van der Waals surface area contributed by atoms with Gasteiger partial charge < -0.3 is 10.4 Å². The second-order valence-corrected chi connectivity index (χ2v) is 7.46. The summed E-state index contributed by atoms with van der Waals surface area (Å²) < 4.78 is 1.61. The molecule has 0 saturated heterocycles. The van der Waals surface area contributed by atoms with Gasteiger partial charge in [-0.1, -0.05) is 41.6 Å². The van der Waals surface area contributed by atoms with Crippen molar-refractivity contribution in [2.75, 3.05) is 0 Å². The van der Waals surface area contributed by atoms with Crippen LogP contribution in [-0.4, -0.2) is 22.5 Å². The van der Waals surface area contributed by atoms with Gasteiger partial charge in [-0.05, 0) is 53.6 Å². The Hall–Kier alpha value is -0.630. The van der Waals surface area contributed by atoms with E-state index in [2.05, 4.69) is 43.8 Å². The highest BCUT2D eigenvalue weighted by Gasteiger charge is 2.40. The van der Waals surface area contributed by atoms with Crippen molar-refractivity contribution in [1.29, 1.82) is 0 Å². The third-order valence-electron chi connectivity index (χ3n) is 3.89. The Labute approximate surface area is 146 Å². The summed E-state index contributed by atoms with van der Waals surface area (Å²) >= 11 is 5.43. The third-order valence-corrected chi connectivity index (χ3v) is 5.33. The smallest absolute Gasteiger partial charge is 0.329 e. The van der Waals surface area contributed by atoms with Crippen LogP contribution in [0.1, 0.15) is 48.9 Å². The normalized spacial score (nSPS) is 17.8. The molecule has 21 heavy (non-hydrogen) atoms. The molecule has 2 rings (SSSR count). The fourth-order valence-corrected chi connectivity index (χ4v) is 3.62. The number of rotatable bonds is 3. The van der Waals surface area contributed by atoms with E-state index in [1.165, 1.54) is 0 Å². The predicted molar refractivity (Wildman–Crippen MR) is 92.4 cm³/mol. The standard InChI is InChI=1S/C15H17BrINO3/c16-10-5-6-12(17)11(9-10)13(19)18-15(14(20)21)7-3-1-2-4-8-15/h5-6,9H,1-4,7-8H2,(H,18,19)(H,20,21). The summed E-state index contributed by atoms with van der Waals surface area (Å²) in [5, 5.41) is 12.4. The SMILES string of the molecule is O=C(NC1(C(=O)O)CCCCCC1)c1cc(Br)ccc1I. The van der Waals surface area contributed by atoms with Crippen LogP contribution in [-0.2, 0) is 4.79 Å². The van der Waals surface area contributed by atoms with Crippen molar-refractivity contribution in [2.45, 2.75) is 44.1 Å². The number of halogens is 2. The van der Waals surface area contributed by atoms with E-state index in [1.54, 1.807) is 6.07 Å². The molecule has 1 aliphatic carbocycles. The molecule has 4 nitrogen and oxygen atoms in total.